The number of hydrogen-bond acceptors (Lipinski definition) is 5. The molecule has 124 valence electrons. The van der Waals surface area contributed by atoms with E-state index in [0.29, 0.717) is 6.04 Å². The molecule has 0 amide bonds. The van der Waals surface area contributed by atoms with Gasteiger partial charge in [-0.2, -0.15) is 0 Å². The summed E-state index contributed by atoms with van der Waals surface area (Å²) in [5, 5.41) is 8.41. The van der Waals surface area contributed by atoms with E-state index in [-0.39, 0.29) is 0 Å². The van der Waals surface area contributed by atoms with Crippen LogP contribution in [0.5, 0.6) is 0 Å². The lowest BCUT2D eigenvalue weighted by Gasteiger charge is -2.24. The Morgan fingerprint density at radius 1 is 1.27 bits per heavy atom. The Balaban J connectivity index is 1.38. The fraction of sp³-hybridized carbons (Fsp3) is 0.875. The molecule has 1 atom stereocenters. The summed E-state index contributed by atoms with van der Waals surface area (Å²) in [4.78, 5) is 4.94. The van der Waals surface area contributed by atoms with E-state index >= 15 is 0 Å². The van der Waals surface area contributed by atoms with Crippen LogP contribution in [-0.4, -0.2) is 70.5 Å². The van der Waals surface area contributed by atoms with Gasteiger partial charge in [0.15, 0.2) is 0 Å². The molecule has 0 unspecified atom stereocenters. The first kappa shape index (κ1) is 15.9. The molecule has 0 radical (unpaired) electrons. The lowest BCUT2D eigenvalue weighted by Crippen LogP contribution is -2.35. The maximum Gasteiger partial charge on any atom is 0.146 e. The van der Waals surface area contributed by atoms with Gasteiger partial charge in [-0.3, -0.25) is 9.80 Å². The van der Waals surface area contributed by atoms with E-state index in [9.17, 15) is 0 Å². The average molecular weight is 307 g/mol. The van der Waals surface area contributed by atoms with Gasteiger partial charge in [-0.25, -0.2) is 0 Å². The van der Waals surface area contributed by atoms with Crippen LogP contribution in [0.4, 0.5) is 0 Å². The lowest BCUT2D eigenvalue weighted by atomic mass is 10.2. The molecule has 0 aromatic carbocycles. The average Bonchev–Trinajstić information content (AvgIpc) is 3.13. The number of nitrogens with zero attached hydrogens (tertiary/aromatic N) is 5. The van der Waals surface area contributed by atoms with Gasteiger partial charge in [0.25, 0.3) is 0 Å². The van der Waals surface area contributed by atoms with Crippen LogP contribution in [0.15, 0.2) is 0 Å². The molecule has 3 rings (SSSR count). The standard InChI is InChI=1S/C16H29N5O/c1-13-17-18-16(20(13)3)11-19(2)15-6-7-21(10-15)8-9-22-12-14-4-5-14/h14-15H,4-12H2,1-3H3/t15-/m0/s1. The molecule has 0 bridgehead atoms. The molecular weight excluding hydrogens is 278 g/mol. The zero-order valence-electron chi connectivity index (χ0n) is 14.2. The van der Waals surface area contributed by atoms with Crippen molar-refractivity contribution in [3.8, 4) is 0 Å². The molecule has 6 nitrogen and oxygen atoms in total. The van der Waals surface area contributed by atoms with Crippen molar-refractivity contribution in [1.82, 2.24) is 24.6 Å². The van der Waals surface area contributed by atoms with E-state index in [1.807, 2.05) is 14.0 Å². The van der Waals surface area contributed by atoms with Crippen LogP contribution in [0.3, 0.4) is 0 Å². The minimum atomic E-state index is 0.612. The summed E-state index contributed by atoms with van der Waals surface area (Å²) in [6.45, 7) is 8.11. The Labute approximate surface area is 133 Å². The summed E-state index contributed by atoms with van der Waals surface area (Å²) >= 11 is 0. The van der Waals surface area contributed by atoms with Crippen LogP contribution in [0.2, 0.25) is 0 Å². The van der Waals surface area contributed by atoms with Crippen LogP contribution in [0, 0.1) is 12.8 Å². The predicted molar refractivity (Wildman–Crippen MR) is 85.6 cm³/mol. The Hall–Kier alpha value is -0.980. The first-order valence-corrected chi connectivity index (χ1v) is 8.48. The Morgan fingerprint density at radius 3 is 2.77 bits per heavy atom. The highest BCUT2D eigenvalue weighted by atomic mass is 16.5. The molecule has 22 heavy (non-hydrogen) atoms. The van der Waals surface area contributed by atoms with Crippen molar-refractivity contribution in [1.29, 1.82) is 0 Å². The van der Waals surface area contributed by atoms with Crippen LogP contribution in [0.1, 0.15) is 30.9 Å². The maximum absolute atomic E-state index is 5.75. The van der Waals surface area contributed by atoms with E-state index in [1.165, 1.54) is 25.8 Å². The van der Waals surface area contributed by atoms with Gasteiger partial charge >= 0.3 is 0 Å². The van der Waals surface area contributed by atoms with Gasteiger partial charge in [0.05, 0.1) is 13.2 Å². The van der Waals surface area contributed by atoms with Crippen molar-refractivity contribution in [2.45, 2.75) is 38.8 Å². The summed E-state index contributed by atoms with van der Waals surface area (Å²) in [5.41, 5.74) is 0. The summed E-state index contributed by atoms with van der Waals surface area (Å²) < 4.78 is 7.83. The van der Waals surface area contributed by atoms with Gasteiger partial charge in [0.2, 0.25) is 0 Å². The predicted octanol–water partition coefficient (Wildman–Crippen LogP) is 1.06. The fourth-order valence-electron chi connectivity index (χ4n) is 3.04. The highest BCUT2D eigenvalue weighted by Gasteiger charge is 2.26. The first-order valence-electron chi connectivity index (χ1n) is 8.48. The second-order valence-corrected chi connectivity index (χ2v) is 6.90. The SMILES string of the molecule is Cc1nnc(CN(C)[C@H]2CCN(CCOCC3CC3)C2)n1C. The zero-order chi connectivity index (χ0) is 15.5. The van der Waals surface area contributed by atoms with Gasteiger partial charge in [0.1, 0.15) is 11.6 Å². The van der Waals surface area contributed by atoms with Gasteiger partial charge in [-0.15, -0.1) is 10.2 Å². The second-order valence-electron chi connectivity index (χ2n) is 6.90. The number of likely N-dealkylation sites (N-methyl/N-ethyl adjacent to an activating group) is 1. The van der Waals surface area contributed by atoms with Gasteiger partial charge in [-0.1, -0.05) is 0 Å². The van der Waals surface area contributed by atoms with Crippen molar-refractivity contribution < 1.29 is 4.74 Å². The maximum atomic E-state index is 5.75. The molecule has 1 aliphatic heterocycles. The van der Waals surface area contributed by atoms with Gasteiger partial charge < -0.3 is 9.30 Å². The van der Waals surface area contributed by atoms with Crippen LogP contribution in [-0.2, 0) is 18.3 Å². The molecule has 0 N–H and O–H groups in total. The van der Waals surface area contributed by atoms with Crippen molar-refractivity contribution in [3.05, 3.63) is 11.6 Å². The van der Waals surface area contributed by atoms with E-state index in [0.717, 1.165) is 50.4 Å². The smallest absolute Gasteiger partial charge is 0.146 e. The molecule has 0 spiro atoms. The molecule has 1 saturated carbocycles. The minimum Gasteiger partial charge on any atom is -0.380 e. The van der Waals surface area contributed by atoms with Crippen molar-refractivity contribution in [2.75, 3.05) is 39.9 Å². The van der Waals surface area contributed by atoms with Gasteiger partial charge in [-0.05, 0) is 45.7 Å². The Bertz CT molecular complexity index is 485. The van der Waals surface area contributed by atoms with Crippen LogP contribution >= 0.6 is 0 Å². The van der Waals surface area contributed by atoms with Crippen molar-refractivity contribution in [2.24, 2.45) is 13.0 Å². The van der Waals surface area contributed by atoms with E-state index in [4.69, 9.17) is 4.74 Å². The molecule has 1 aliphatic carbocycles. The monoisotopic (exact) mass is 307 g/mol. The largest absolute Gasteiger partial charge is 0.380 e. The van der Waals surface area contributed by atoms with Crippen molar-refractivity contribution in [3.63, 3.8) is 0 Å². The van der Waals surface area contributed by atoms with E-state index in [1.54, 1.807) is 0 Å². The third-order valence-electron chi connectivity index (χ3n) is 5.05. The first-order chi connectivity index (χ1) is 10.6. The van der Waals surface area contributed by atoms with Crippen LogP contribution in [0.25, 0.3) is 0 Å². The number of aryl methyl sites for hydroxylation is 1. The highest BCUT2D eigenvalue weighted by molar-refractivity contribution is 4.94. The summed E-state index contributed by atoms with van der Waals surface area (Å²) in [5.74, 6) is 2.89. The topological polar surface area (TPSA) is 46.4 Å². The lowest BCUT2D eigenvalue weighted by molar-refractivity contribution is 0.100. The normalized spacial score (nSPS) is 22.8. The highest BCUT2D eigenvalue weighted by Crippen LogP contribution is 2.28. The third-order valence-corrected chi connectivity index (χ3v) is 5.05. The quantitative estimate of drug-likeness (QED) is 0.672. The molecule has 1 aromatic heterocycles. The number of rotatable bonds is 8. The van der Waals surface area contributed by atoms with Gasteiger partial charge in [0, 0.05) is 32.8 Å². The molecule has 2 fully saturated rings. The number of hydrogen-bond donors (Lipinski definition) is 0. The fourth-order valence-corrected chi connectivity index (χ4v) is 3.04. The van der Waals surface area contributed by atoms with Crippen molar-refractivity contribution >= 4 is 0 Å². The zero-order valence-corrected chi connectivity index (χ0v) is 14.2. The Kier molecular flexibility index (Phi) is 5.10. The summed E-state index contributed by atoms with van der Waals surface area (Å²) in [7, 11) is 4.23. The number of likely N-dealkylation sites (tertiary alicyclic amines) is 1. The Morgan fingerprint density at radius 2 is 2.09 bits per heavy atom. The molecule has 6 heteroatoms. The molecule has 2 aliphatic rings. The van der Waals surface area contributed by atoms with E-state index < -0.39 is 0 Å². The number of ether oxygens (including phenoxy) is 1. The summed E-state index contributed by atoms with van der Waals surface area (Å²) in [6.07, 6.45) is 3.98. The van der Waals surface area contributed by atoms with E-state index in [2.05, 4.69) is 31.6 Å². The third kappa shape index (κ3) is 4.06. The molecular formula is C16H29N5O. The van der Waals surface area contributed by atoms with Crippen LogP contribution < -0.4 is 0 Å². The minimum absolute atomic E-state index is 0.612. The molecule has 1 saturated heterocycles. The molecule has 1 aromatic rings. The molecule has 2 heterocycles. The number of aromatic nitrogens is 3. The second kappa shape index (κ2) is 7.06. The summed E-state index contributed by atoms with van der Waals surface area (Å²) in [6, 6.07) is 0.612.